The summed E-state index contributed by atoms with van der Waals surface area (Å²) in [6.45, 7) is 9.66. The smallest absolute Gasteiger partial charge is 0.138 e. The van der Waals surface area contributed by atoms with Crippen LogP contribution in [-0.4, -0.2) is 15.5 Å². The van der Waals surface area contributed by atoms with Crippen molar-refractivity contribution < 1.29 is 4.74 Å². The summed E-state index contributed by atoms with van der Waals surface area (Å²) in [6, 6.07) is 3.94. The van der Waals surface area contributed by atoms with Crippen LogP contribution in [0.25, 0.3) is 0 Å². The molecule has 1 N–H and O–H groups in total. The van der Waals surface area contributed by atoms with E-state index in [-0.39, 0.29) is 5.54 Å². The molecule has 0 saturated carbocycles. The van der Waals surface area contributed by atoms with Crippen LogP contribution in [0.4, 0.5) is 0 Å². The number of rotatable bonds is 5. The van der Waals surface area contributed by atoms with Gasteiger partial charge in [0.1, 0.15) is 12.4 Å². The lowest BCUT2D eigenvalue weighted by atomic mass is 10.1. The zero-order valence-electron chi connectivity index (χ0n) is 12.4. The predicted molar refractivity (Wildman–Crippen MR) is 82.0 cm³/mol. The number of nitrogens with one attached hydrogen (secondary N) is 1. The fraction of sp³-hybridized carbons (Fsp3) is 0.467. The van der Waals surface area contributed by atoms with E-state index in [1.807, 2.05) is 24.4 Å². The van der Waals surface area contributed by atoms with Crippen LogP contribution in [0.5, 0.6) is 5.75 Å². The molecule has 5 heteroatoms. The van der Waals surface area contributed by atoms with Crippen molar-refractivity contribution in [3.63, 3.8) is 0 Å². The normalized spacial score (nSPS) is 11.6. The lowest BCUT2D eigenvalue weighted by Gasteiger charge is -2.20. The van der Waals surface area contributed by atoms with Gasteiger partial charge in [-0.15, -0.1) is 11.3 Å². The van der Waals surface area contributed by atoms with E-state index in [4.69, 9.17) is 4.74 Å². The Morgan fingerprint density at radius 2 is 2.05 bits per heavy atom. The van der Waals surface area contributed by atoms with Crippen LogP contribution in [0.3, 0.4) is 0 Å². The van der Waals surface area contributed by atoms with Gasteiger partial charge < -0.3 is 10.1 Å². The molecule has 108 valence electrons. The molecule has 0 aliphatic carbocycles. The van der Waals surface area contributed by atoms with E-state index in [9.17, 15) is 0 Å². The third-order valence-corrected chi connectivity index (χ3v) is 3.47. The molecule has 0 aliphatic rings. The average molecular weight is 291 g/mol. The van der Waals surface area contributed by atoms with E-state index < -0.39 is 0 Å². The Morgan fingerprint density at radius 3 is 2.60 bits per heavy atom. The lowest BCUT2D eigenvalue weighted by Crippen LogP contribution is -2.35. The van der Waals surface area contributed by atoms with Crippen molar-refractivity contribution in [3.05, 3.63) is 40.1 Å². The minimum absolute atomic E-state index is 0.0966. The Bertz CT molecular complexity index is 543. The second-order valence-electron chi connectivity index (χ2n) is 5.74. The average Bonchev–Trinajstić information content (AvgIpc) is 2.80. The van der Waals surface area contributed by atoms with Gasteiger partial charge in [0.2, 0.25) is 0 Å². The van der Waals surface area contributed by atoms with Gasteiger partial charge in [-0.2, -0.15) is 0 Å². The molecule has 0 unspecified atom stereocenters. The minimum Gasteiger partial charge on any atom is -0.486 e. The molecule has 0 radical (unpaired) electrons. The molecule has 0 fully saturated rings. The van der Waals surface area contributed by atoms with E-state index in [2.05, 4.69) is 36.1 Å². The predicted octanol–water partition coefficient (Wildman–Crippen LogP) is 3.31. The van der Waals surface area contributed by atoms with Crippen molar-refractivity contribution in [3.8, 4) is 5.75 Å². The molecule has 2 heterocycles. The van der Waals surface area contributed by atoms with E-state index in [1.54, 1.807) is 17.5 Å². The summed E-state index contributed by atoms with van der Waals surface area (Å²) in [7, 11) is 0. The first-order valence-corrected chi connectivity index (χ1v) is 7.54. The molecule has 0 spiro atoms. The van der Waals surface area contributed by atoms with Gasteiger partial charge in [-0.05, 0) is 39.8 Å². The van der Waals surface area contributed by atoms with Crippen molar-refractivity contribution in [1.29, 1.82) is 0 Å². The van der Waals surface area contributed by atoms with E-state index in [1.165, 1.54) is 0 Å². The highest BCUT2D eigenvalue weighted by atomic mass is 32.1. The van der Waals surface area contributed by atoms with Gasteiger partial charge in [-0.3, -0.25) is 4.98 Å². The van der Waals surface area contributed by atoms with Gasteiger partial charge in [0.25, 0.3) is 0 Å². The van der Waals surface area contributed by atoms with Crippen LogP contribution in [0, 0.1) is 6.92 Å². The third kappa shape index (κ3) is 4.90. The van der Waals surface area contributed by atoms with E-state index in [0.29, 0.717) is 6.61 Å². The molecule has 0 saturated heterocycles. The maximum atomic E-state index is 5.67. The third-order valence-electron chi connectivity index (χ3n) is 2.65. The SMILES string of the molecule is Cc1nc(COc2ccc(CNC(C)(C)C)nc2)cs1. The molecule has 2 aromatic heterocycles. The van der Waals surface area contributed by atoms with Gasteiger partial charge in [-0.1, -0.05) is 0 Å². The molecule has 2 rings (SSSR count). The molecule has 0 aliphatic heterocycles. The van der Waals surface area contributed by atoms with Crippen LogP contribution in [0.2, 0.25) is 0 Å². The second kappa shape index (κ2) is 6.33. The van der Waals surface area contributed by atoms with Crippen LogP contribution in [0.1, 0.15) is 37.2 Å². The van der Waals surface area contributed by atoms with E-state index in [0.717, 1.165) is 28.7 Å². The van der Waals surface area contributed by atoms with Gasteiger partial charge in [-0.25, -0.2) is 4.98 Å². The lowest BCUT2D eigenvalue weighted by molar-refractivity contribution is 0.300. The molecule has 2 aromatic rings. The van der Waals surface area contributed by atoms with Crippen molar-refractivity contribution in [2.24, 2.45) is 0 Å². The summed E-state index contributed by atoms with van der Waals surface area (Å²) in [5.41, 5.74) is 2.07. The zero-order valence-corrected chi connectivity index (χ0v) is 13.3. The maximum absolute atomic E-state index is 5.67. The standard InChI is InChI=1S/C15H21N3OS/c1-11-18-13(10-20-11)9-19-14-6-5-12(16-8-14)7-17-15(2,3)4/h5-6,8,10,17H,7,9H2,1-4H3. The van der Waals surface area contributed by atoms with Crippen LogP contribution in [-0.2, 0) is 13.2 Å². The van der Waals surface area contributed by atoms with E-state index >= 15 is 0 Å². The first kappa shape index (κ1) is 14.9. The maximum Gasteiger partial charge on any atom is 0.138 e. The summed E-state index contributed by atoms with van der Waals surface area (Å²) >= 11 is 1.64. The fourth-order valence-electron chi connectivity index (χ4n) is 1.59. The molecule has 0 aromatic carbocycles. The first-order chi connectivity index (χ1) is 9.42. The van der Waals surface area contributed by atoms with Gasteiger partial charge in [0, 0.05) is 17.5 Å². The van der Waals surface area contributed by atoms with Gasteiger partial charge >= 0.3 is 0 Å². The highest BCUT2D eigenvalue weighted by molar-refractivity contribution is 7.09. The number of aromatic nitrogens is 2. The molecule has 0 bridgehead atoms. The minimum atomic E-state index is 0.0966. The Morgan fingerprint density at radius 1 is 1.25 bits per heavy atom. The zero-order chi connectivity index (χ0) is 14.6. The molecule has 0 atom stereocenters. The van der Waals surface area contributed by atoms with Gasteiger partial charge in [0.15, 0.2) is 0 Å². The molecule has 0 amide bonds. The summed E-state index contributed by atoms with van der Waals surface area (Å²) < 4.78 is 5.67. The van der Waals surface area contributed by atoms with Crippen LogP contribution >= 0.6 is 11.3 Å². The fourth-order valence-corrected chi connectivity index (χ4v) is 2.19. The first-order valence-electron chi connectivity index (χ1n) is 6.66. The highest BCUT2D eigenvalue weighted by Gasteiger charge is 2.08. The summed E-state index contributed by atoms with van der Waals surface area (Å²) in [4.78, 5) is 8.76. The van der Waals surface area contributed by atoms with Crippen molar-refractivity contribution >= 4 is 11.3 Å². The number of hydrogen-bond donors (Lipinski definition) is 1. The Balaban J connectivity index is 1.85. The second-order valence-corrected chi connectivity index (χ2v) is 6.80. The van der Waals surface area contributed by atoms with Crippen molar-refractivity contribution in [1.82, 2.24) is 15.3 Å². The van der Waals surface area contributed by atoms with Crippen molar-refractivity contribution in [2.75, 3.05) is 0 Å². The Hall–Kier alpha value is -1.46. The summed E-state index contributed by atoms with van der Waals surface area (Å²) in [5, 5.41) is 6.49. The molecular weight excluding hydrogens is 270 g/mol. The molecule has 20 heavy (non-hydrogen) atoms. The summed E-state index contributed by atoms with van der Waals surface area (Å²) in [6.07, 6.45) is 1.76. The Kier molecular flexibility index (Phi) is 4.73. The topological polar surface area (TPSA) is 47.0 Å². The monoisotopic (exact) mass is 291 g/mol. The van der Waals surface area contributed by atoms with Crippen molar-refractivity contribution in [2.45, 2.75) is 46.4 Å². The van der Waals surface area contributed by atoms with Gasteiger partial charge in [0.05, 0.1) is 22.6 Å². The number of thiazole rings is 1. The highest BCUT2D eigenvalue weighted by Crippen LogP contribution is 2.14. The van der Waals surface area contributed by atoms with Crippen LogP contribution < -0.4 is 10.1 Å². The number of nitrogens with zero attached hydrogens (tertiary/aromatic N) is 2. The number of pyridine rings is 1. The quantitative estimate of drug-likeness (QED) is 0.918. The summed E-state index contributed by atoms with van der Waals surface area (Å²) in [5.74, 6) is 0.773. The molecular formula is C15H21N3OS. The van der Waals surface area contributed by atoms with Crippen LogP contribution in [0.15, 0.2) is 23.7 Å². The number of aryl methyl sites for hydroxylation is 1. The molecule has 4 nitrogen and oxygen atoms in total. The number of hydrogen-bond acceptors (Lipinski definition) is 5. The number of ether oxygens (including phenoxy) is 1. The Labute approximate surface area is 124 Å². The largest absolute Gasteiger partial charge is 0.486 e.